The number of carbonyl (C=O) groups is 3. The fraction of sp³-hybridized carbons (Fsp3) is 0.353. The first-order valence-corrected chi connectivity index (χ1v) is 7.32. The van der Waals surface area contributed by atoms with E-state index >= 15 is 0 Å². The molecule has 0 aliphatic carbocycles. The van der Waals surface area contributed by atoms with Crippen molar-refractivity contribution >= 4 is 23.3 Å². The molecule has 0 radical (unpaired) electrons. The zero-order chi connectivity index (χ0) is 17.1. The van der Waals surface area contributed by atoms with Crippen molar-refractivity contribution in [1.82, 2.24) is 4.90 Å². The SMILES string of the molecule is C=CCN(C(C)=O)C(C)C(=O)c1ccc2c(c1)N(C)C(=O)CO2. The molecule has 0 aromatic heterocycles. The van der Waals surface area contributed by atoms with Crippen molar-refractivity contribution in [1.29, 1.82) is 0 Å². The van der Waals surface area contributed by atoms with Gasteiger partial charge in [-0.15, -0.1) is 6.58 Å². The molecule has 2 rings (SSSR count). The molecule has 1 aromatic rings. The highest BCUT2D eigenvalue weighted by Gasteiger charge is 2.27. The molecule has 0 bridgehead atoms. The molecule has 1 aliphatic rings. The molecule has 6 heteroatoms. The summed E-state index contributed by atoms with van der Waals surface area (Å²) in [5.41, 5.74) is 0.981. The second-order valence-corrected chi connectivity index (χ2v) is 5.42. The number of amides is 2. The molecule has 1 heterocycles. The van der Waals surface area contributed by atoms with E-state index in [0.717, 1.165) is 0 Å². The third-order valence-corrected chi connectivity index (χ3v) is 3.91. The monoisotopic (exact) mass is 316 g/mol. The maximum Gasteiger partial charge on any atom is 0.264 e. The summed E-state index contributed by atoms with van der Waals surface area (Å²) >= 11 is 0. The van der Waals surface area contributed by atoms with Gasteiger partial charge in [-0.25, -0.2) is 0 Å². The zero-order valence-corrected chi connectivity index (χ0v) is 13.5. The molecule has 1 unspecified atom stereocenters. The lowest BCUT2D eigenvalue weighted by Gasteiger charge is -2.28. The highest BCUT2D eigenvalue weighted by Crippen LogP contribution is 2.32. The molecule has 0 N–H and O–H groups in total. The Morgan fingerprint density at radius 2 is 2.17 bits per heavy atom. The highest BCUT2D eigenvalue weighted by molar-refractivity contribution is 6.04. The van der Waals surface area contributed by atoms with E-state index < -0.39 is 6.04 Å². The van der Waals surface area contributed by atoms with Gasteiger partial charge in [-0.2, -0.15) is 0 Å². The highest BCUT2D eigenvalue weighted by atomic mass is 16.5. The van der Waals surface area contributed by atoms with Crippen LogP contribution in [0.25, 0.3) is 0 Å². The van der Waals surface area contributed by atoms with Gasteiger partial charge >= 0.3 is 0 Å². The van der Waals surface area contributed by atoms with Gasteiger partial charge in [0.2, 0.25) is 5.91 Å². The number of anilines is 1. The van der Waals surface area contributed by atoms with Crippen molar-refractivity contribution in [3.05, 3.63) is 36.4 Å². The van der Waals surface area contributed by atoms with Crippen molar-refractivity contribution in [2.75, 3.05) is 25.1 Å². The van der Waals surface area contributed by atoms with Crippen LogP contribution in [0.4, 0.5) is 5.69 Å². The summed E-state index contributed by atoms with van der Waals surface area (Å²) in [6.07, 6.45) is 1.58. The van der Waals surface area contributed by atoms with Crippen molar-refractivity contribution < 1.29 is 19.1 Å². The summed E-state index contributed by atoms with van der Waals surface area (Å²) in [5.74, 6) is -0.00593. The molecule has 1 aliphatic heterocycles. The lowest BCUT2D eigenvalue weighted by molar-refractivity contribution is -0.129. The van der Waals surface area contributed by atoms with Crippen LogP contribution in [0.15, 0.2) is 30.9 Å². The fourth-order valence-corrected chi connectivity index (χ4v) is 2.51. The number of Topliss-reactive ketones (excluding diaryl/α,β-unsaturated/α-hetero) is 1. The number of hydrogen-bond acceptors (Lipinski definition) is 4. The van der Waals surface area contributed by atoms with Crippen LogP contribution in [0.1, 0.15) is 24.2 Å². The molecule has 0 fully saturated rings. The summed E-state index contributed by atoms with van der Waals surface area (Å²) in [6, 6.07) is 4.32. The second kappa shape index (κ2) is 6.64. The minimum Gasteiger partial charge on any atom is -0.482 e. The lowest BCUT2D eigenvalue weighted by Crippen LogP contribution is -2.42. The number of likely N-dealkylation sites (N-methyl/N-ethyl adjacent to an activating group) is 1. The van der Waals surface area contributed by atoms with Crippen LogP contribution in [0.3, 0.4) is 0 Å². The third kappa shape index (κ3) is 3.26. The number of nitrogens with zero attached hydrogens (tertiary/aromatic N) is 2. The maximum absolute atomic E-state index is 12.7. The Hall–Kier alpha value is -2.63. The largest absolute Gasteiger partial charge is 0.482 e. The Kier molecular flexibility index (Phi) is 4.83. The predicted molar refractivity (Wildman–Crippen MR) is 86.7 cm³/mol. The molecule has 1 atom stereocenters. The number of fused-ring (bicyclic) bond motifs is 1. The molecule has 0 saturated heterocycles. The Balaban J connectivity index is 2.31. The quantitative estimate of drug-likeness (QED) is 0.612. The van der Waals surface area contributed by atoms with Gasteiger partial charge in [-0.05, 0) is 25.1 Å². The molecule has 1 aromatic carbocycles. The van der Waals surface area contributed by atoms with Gasteiger partial charge in [0.25, 0.3) is 5.91 Å². The van der Waals surface area contributed by atoms with E-state index in [0.29, 0.717) is 23.5 Å². The summed E-state index contributed by atoms with van der Waals surface area (Å²) in [6.45, 7) is 6.99. The molecule has 23 heavy (non-hydrogen) atoms. The summed E-state index contributed by atoms with van der Waals surface area (Å²) in [5, 5.41) is 0. The molecule has 0 spiro atoms. The van der Waals surface area contributed by atoms with E-state index in [-0.39, 0.29) is 24.2 Å². The minimum atomic E-state index is -0.617. The number of hydrogen-bond donors (Lipinski definition) is 0. The summed E-state index contributed by atoms with van der Waals surface area (Å²) < 4.78 is 5.35. The van der Waals surface area contributed by atoms with Crippen molar-refractivity contribution in [3.8, 4) is 5.75 Å². The molecule has 122 valence electrons. The zero-order valence-electron chi connectivity index (χ0n) is 13.5. The standard InChI is InChI=1S/C17H20N2O4/c1-5-8-19(12(3)20)11(2)17(22)13-6-7-15-14(9-13)18(4)16(21)10-23-15/h5-7,9,11H,1,8,10H2,2-4H3. The van der Waals surface area contributed by atoms with Crippen LogP contribution in [0.5, 0.6) is 5.75 Å². The molecule has 6 nitrogen and oxygen atoms in total. The smallest absolute Gasteiger partial charge is 0.264 e. The van der Waals surface area contributed by atoms with E-state index in [4.69, 9.17) is 4.74 Å². The molecular formula is C17H20N2O4. The van der Waals surface area contributed by atoms with Crippen LogP contribution in [-0.2, 0) is 9.59 Å². The van der Waals surface area contributed by atoms with Gasteiger partial charge in [0, 0.05) is 26.1 Å². The third-order valence-electron chi connectivity index (χ3n) is 3.91. The van der Waals surface area contributed by atoms with Crippen molar-refractivity contribution in [3.63, 3.8) is 0 Å². The Labute approximate surface area is 135 Å². The van der Waals surface area contributed by atoms with E-state index in [1.165, 1.54) is 16.7 Å². The number of rotatable bonds is 5. The normalized spacial score (nSPS) is 14.6. The summed E-state index contributed by atoms with van der Waals surface area (Å²) in [4.78, 5) is 39.0. The van der Waals surface area contributed by atoms with Gasteiger partial charge < -0.3 is 14.5 Å². The number of benzene rings is 1. The number of carbonyl (C=O) groups excluding carboxylic acids is 3. The average Bonchev–Trinajstić information content (AvgIpc) is 2.54. The van der Waals surface area contributed by atoms with Crippen LogP contribution in [0, 0.1) is 0 Å². The first-order valence-electron chi connectivity index (χ1n) is 7.32. The second-order valence-electron chi connectivity index (χ2n) is 5.42. The molecule has 2 amide bonds. The minimum absolute atomic E-state index is 0.00928. The molecule has 0 saturated carbocycles. The number of ketones is 1. The van der Waals surface area contributed by atoms with Crippen molar-refractivity contribution in [2.24, 2.45) is 0 Å². The van der Waals surface area contributed by atoms with E-state index in [2.05, 4.69) is 6.58 Å². The van der Waals surface area contributed by atoms with Crippen molar-refractivity contribution in [2.45, 2.75) is 19.9 Å². The van der Waals surface area contributed by atoms with E-state index in [1.807, 2.05) is 0 Å². The number of ether oxygens (including phenoxy) is 1. The average molecular weight is 316 g/mol. The Morgan fingerprint density at radius 3 is 2.78 bits per heavy atom. The van der Waals surface area contributed by atoms with E-state index in [9.17, 15) is 14.4 Å². The Morgan fingerprint density at radius 1 is 1.48 bits per heavy atom. The summed E-state index contributed by atoms with van der Waals surface area (Å²) in [7, 11) is 1.64. The predicted octanol–water partition coefficient (Wildman–Crippen LogP) is 1.65. The van der Waals surface area contributed by atoms with Crippen LogP contribution in [-0.4, -0.2) is 48.7 Å². The van der Waals surface area contributed by atoms with Gasteiger partial charge in [-0.3, -0.25) is 14.4 Å². The van der Waals surface area contributed by atoms with Gasteiger partial charge in [0.05, 0.1) is 11.7 Å². The van der Waals surface area contributed by atoms with Gasteiger partial charge in [0.1, 0.15) is 5.75 Å². The van der Waals surface area contributed by atoms with E-state index in [1.54, 1.807) is 38.2 Å². The van der Waals surface area contributed by atoms with Crippen LogP contribution in [0.2, 0.25) is 0 Å². The van der Waals surface area contributed by atoms with Crippen LogP contribution < -0.4 is 9.64 Å². The lowest BCUT2D eigenvalue weighted by atomic mass is 10.0. The maximum atomic E-state index is 12.7. The first-order chi connectivity index (χ1) is 10.9. The fourth-order valence-electron chi connectivity index (χ4n) is 2.51. The van der Waals surface area contributed by atoms with Gasteiger partial charge in [-0.1, -0.05) is 6.08 Å². The first kappa shape index (κ1) is 16.7. The topological polar surface area (TPSA) is 66.9 Å². The van der Waals surface area contributed by atoms with Gasteiger partial charge in [0.15, 0.2) is 12.4 Å². The van der Waals surface area contributed by atoms with Crippen LogP contribution >= 0.6 is 0 Å². The Bertz CT molecular complexity index is 669. The molecular weight excluding hydrogens is 296 g/mol.